The van der Waals surface area contributed by atoms with Crippen molar-refractivity contribution >= 4 is 23.4 Å². The Kier molecular flexibility index (Phi) is 4.56. The van der Waals surface area contributed by atoms with E-state index in [2.05, 4.69) is 11.4 Å². The second-order valence-electron chi connectivity index (χ2n) is 4.28. The Morgan fingerprint density at radius 3 is 2.81 bits per heavy atom. The van der Waals surface area contributed by atoms with E-state index in [1.54, 1.807) is 0 Å². The topological polar surface area (TPSA) is 12.0 Å². The van der Waals surface area contributed by atoms with Crippen LogP contribution in [0.1, 0.15) is 31.2 Å². The van der Waals surface area contributed by atoms with Crippen LogP contribution in [-0.2, 0) is 6.54 Å². The lowest BCUT2D eigenvalue weighted by molar-refractivity contribution is 0.801. The highest BCUT2D eigenvalue weighted by Gasteiger charge is 2.18. The molecule has 0 aromatic heterocycles. The molecular weight excluding hydrogens is 238 g/mol. The van der Waals surface area contributed by atoms with Crippen LogP contribution in [0.15, 0.2) is 23.1 Å². The van der Waals surface area contributed by atoms with Crippen molar-refractivity contribution in [3.05, 3.63) is 28.8 Å². The van der Waals surface area contributed by atoms with Crippen molar-refractivity contribution in [2.75, 3.05) is 7.05 Å². The Labute approximate surface area is 107 Å². The molecule has 16 heavy (non-hydrogen) atoms. The van der Waals surface area contributed by atoms with E-state index in [1.807, 2.05) is 30.9 Å². The highest BCUT2D eigenvalue weighted by molar-refractivity contribution is 8.00. The van der Waals surface area contributed by atoms with Gasteiger partial charge in [-0.25, -0.2) is 0 Å². The van der Waals surface area contributed by atoms with Crippen LogP contribution in [0.4, 0.5) is 0 Å². The number of hydrogen-bond acceptors (Lipinski definition) is 2. The highest BCUT2D eigenvalue weighted by atomic mass is 35.5. The third-order valence-electron chi connectivity index (χ3n) is 3.00. The summed E-state index contributed by atoms with van der Waals surface area (Å²) in [5.74, 6) is 0. The van der Waals surface area contributed by atoms with E-state index in [0.717, 1.165) is 16.8 Å². The third kappa shape index (κ3) is 2.93. The number of nitrogens with one attached hydrogen (secondary N) is 1. The molecule has 0 aliphatic heterocycles. The SMILES string of the molecule is CNCc1cccc(Cl)c1SC1CCCC1. The molecule has 1 fully saturated rings. The molecule has 0 saturated heterocycles. The molecule has 1 aromatic rings. The first kappa shape index (κ1) is 12.3. The molecular formula is C13H18ClNS. The van der Waals surface area contributed by atoms with Gasteiger partial charge in [0.2, 0.25) is 0 Å². The molecule has 0 heterocycles. The van der Waals surface area contributed by atoms with E-state index in [1.165, 1.54) is 36.1 Å². The maximum absolute atomic E-state index is 6.29. The molecule has 1 aliphatic rings. The van der Waals surface area contributed by atoms with Gasteiger partial charge in [0.1, 0.15) is 0 Å². The molecule has 1 saturated carbocycles. The van der Waals surface area contributed by atoms with Gasteiger partial charge in [-0.3, -0.25) is 0 Å². The Morgan fingerprint density at radius 2 is 2.12 bits per heavy atom. The fraction of sp³-hybridized carbons (Fsp3) is 0.538. The van der Waals surface area contributed by atoms with Crippen LogP contribution in [0.5, 0.6) is 0 Å². The fourth-order valence-electron chi connectivity index (χ4n) is 2.19. The van der Waals surface area contributed by atoms with Gasteiger partial charge >= 0.3 is 0 Å². The van der Waals surface area contributed by atoms with Gasteiger partial charge in [0.15, 0.2) is 0 Å². The molecule has 88 valence electrons. The standard InChI is InChI=1S/C13H18ClNS/c1-15-9-10-5-4-8-12(14)13(10)16-11-6-2-3-7-11/h4-5,8,11,15H,2-3,6-7,9H2,1H3. The Balaban J connectivity index is 2.16. The van der Waals surface area contributed by atoms with Crippen molar-refractivity contribution in [2.45, 2.75) is 42.4 Å². The van der Waals surface area contributed by atoms with Crippen LogP contribution in [0.2, 0.25) is 5.02 Å². The summed E-state index contributed by atoms with van der Waals surface area (Å²) in [6, 6.07) is 6.20. The monoisotopic (exact) mass is 255 g/mol. The summed E-state index contributed by atoms with van der Waals surface area (Å²) in [5.41, 5.74) is 1.33. The van der Waals surface area contributed by atoms with Crippen molar-refractivity contribution in [2.24, 2.45) is 0 Å². The van der Waals surface area contributed by atoms with Gasteiger partial charge in [-0.1, -0.05) is 36.6 Å². The van der Waals surface area contributed by atoms with Crippen LogP contribution in [-0.4, -0.2) is 12.3 Å². The first-order valence-electron chi connectivity index (χ1n) is 5.90. The summed E-state index contributed by atoms with van der Waals surface area (Å²) in [6.45, 7) is 0.898. The normalized spacial score (nSPS) is 16.9. The predicted molar refractivity (Wildman–Crippen MR) is 72.3 cm³/mol. The Hall–Kier alpha value is -0.180. The lowest BCUT2D eigenvalue weighted by Gasteiger charge is -2.14. The minimum absolute atomic E-state index is 0.774. The molecule has 3 heteroatoms. The van der Waals surface area contributed by atoms with Gasteiger partial charge in [0.05, 0.1) is 5.02 Å². The quantitative estimate of drug-likeness (QED) is 0.870. The van der Waals surface area contributed by atoms with E-state index in [4.69, 9.17) is 11.6 Å². The van der Waals surface area contributed by atoms with Crippen molar-refractivity contribution in [1.82, 2.24) is 5.32 Å². The number of rotatable bonds is 4. The zero-order chi connectivity index (χ0) is 11.4. The largest absolute Gasteiger partial charge is 0.316 e. The number of halogens is 1. The average Bonchev–Trinajstić information content (AvgIpc) is 2.76. The molecule has 2 rings (SSSR count). The summed E-state index contributed by atoms with van der Waals surface area (Å²) in [7, 11) is 1.98. The highest BCUT2D eigenvalue weighted by Crippen LogP contribution is 2.39. The van der Waals surface area contributed by atoms with E-state index in [-0.39, 0.29) is 0 Å². The maximum Gasteiger partial charge on any atom is 0.0545 e. The molecule has 1 N–H and O–H groups in total. The first-order valence-corrected chi connectivity index (χ1v) is 7.15. The Bertz CT molecular complexity index is 348. The van der Waals surface area contributed by atoms with E-state index >= 15 is 0 Å². The van der Waals surface area contributed by atoms with E-state index in [0.29, 0.717) is 0 Å². The van der Waals surface area contributed by atoms with Crippen molar-refractivity contribution < 1.29 is 0 Å². The molecule has 0 amide bonds. The van der Waals surface area contributed by atoms with Gasteiger partial charge in [0, 0.05) is 16.7 Å². The van der Waals surface area contributed by atoms with Crippen molar-refractivity contribution in [3.8, 4) is 0 Å². The summed E-state index contributed by atoms with van der Waals surface area (Å²) < 4.78 is 0. The smallest absolute Gasteiger partial charge is 0.0545 e. The fourth-order valence-corrected chi connectivity index (χ4v) is 3.89. The third-order valence-corrected chi connectivity index (χ3v) is 4.95. The van der Waals surface area contributed by atoms with Gasteiger partial charge in [0.25, 0.3) is 0 Å². The second kappa shape index (κ2) is 5.95. The molecule has 1 aromatic carbocycles. The minimum Gasteiger partial charge on any atom is -0.316 e. The summed E-state index contributed by atoms with van der Waals surface area (Å²) >= 11 is 8.27. The summed E-state index contributed by atoms with van der Waals surface area (Å²) in [6.07, 6.45) is 5.44. The second-order valence-corrected chi connectivity index (χ2v) is 6.00. The van der Waals surface area contributed by atoms with Crippen LogP contribution < -0.4 is 5.32 Å². The zero-order valence-electron chi connectivity index (χ0n) is 9.63. The van der Waals surface area contributed by atoms with Gasteiger partial charge in [-0.15, -0.1) is 11.8 Å². The van der Waals surface area contributed by atoms with Crippen LogP contribution >= 0.6 is 23.4 Å². The number of hydrogen-bond donors (Lipinski definition) is 1. The van der Waals surface area contributed by atoms with E-state index in [9.17, 15) is 0 Å². The minimum atomic E-state index is 0.774. The number of thioether (sulfide) groups is 1. The van der Waals surface area contributed by atoms with Gasteiger partial charge in [-0.2, -0.15) is 0 Å². The molecule has 0 spiro atoms. The van der Waals surface area contributed by atoms with Crippen molar-refractivity contribution in [3.63, 3.8) is 0 Å². The molecule has 0 atom stereocenters. The molecule has 0 radical (unpaired) electrons. The number of benzene rings is 1. The van der Waals surface area contributed by atoms with Crippen LogP contribution in [0.25, 0.3) is 0 Å². The molecule has 1 aliphatic carbocycles. The van der Waals surface area contributed by atoms with E-state index < -0.39 is 0 Å². The van der Waals surface area contributed by atoms with Gasteiger partial charge in [-0.05, 0) is 31.5 Å². The van der Waals surface area contributed by atoms with Crippen LogP contribution in [0, 0.1) is 0 Å². The molecule has 0 unspecified atom stereocenters. The van der Waals surface area contributed by atoms with Gasteiger partial charge < -0.3 is 5.32 Å². The maximum atomic E-state index is 6.29. The average molecular weight is 256 g/mol. The summed E-state index contributed by atoms with van der Waals surface area (Å²) in [4.78, 5) is 1.28. The first-order chi connectivity index (χ1) is 7.81. The predicted octanol–water partition coefficient (Wildman–Crippen LogP) is 4.09. The zero-order valence-corrected chi connectivity index (χ0v) is 11.2. The lowest BCUT2D eigenvalue weighted by atomic mass is 10.2. The van der Waals surface area contributed by atoms with Crippen LogP contribution in [0.3, 0.4) is 0 Å². The molecule has 1 nitrogen and oxygen atoms in total. The molecule has 0 bridgehead atoms. The Morgan fingerprint density at radius 1 is 1.38 bits per heavy atom. The lowest BCUT2D eigenvalue weighted by Crippen LogP contribution is -2.07. The summed E-state index contributed by atoms with van der Waals surface area (Å²) in [5, 5.41) is 4.89. The van der Waals surface area contributed by atoms with Crippen molar-refractivity contribution in [1.29, 1.82) is 0 Å².